The number of nitrogens with one attached hydrogen (secondary N) is 2. The number of phenolic OH excluding ortho intramolecular Hbond substituents is 1. The van der Waals surface area contributed by atoms with Gasteiger partial charge in [0.1, 0.15) is 23.4 Å². The van der Waals surface area contributed by atoms with Crippen molar-refractivity contribution in [1.82, 2.24) is 35.6 Å². The van der Waals surface area contributed by atoms with Crippen molar-refractivity contribution in [2.45, 2.75) is 110 Å². The second-order valence-electron chi connectivity index (χ2n) is 23.1. The van der Waals surface area contributed by atoms with Gasteiger partial charge in [-0.15, -0.1) is 11.3 Å². The number of para-hydroxylation sites is 1. The number of likely N-dealkylation sites (tertiary alicyclic amines) is 2. The molecule has 1 saturated carbocycles. The summed E-state index contributed by atoms with van der Waals surface area (Å²) < 4.78 is 12.0. The Bertz CT molecular complexity index is 2850. The summed E-state index contributed by atoms with van der Waals surface area (Å²) in [5, 5.41) is 30.5. The zero-order valence-electron chi connectivity index (χ0n) is 47.1. The molecule has 0 spiro atoms. The average Bonchev–Trinajstić information content (AvgIpc) is 4.35. The molecule has 10 rings (SSSR count). The number of phenols is 1. The lowest BCUT2D eigenvalue weighted by molar-refractivity contribution is -0.127. The van der Waals surface area contributed by atoms with Crippen LogP contribution in [0.5, 0.6) is 11.6 Å². The zero-order valence-corrected chi connectivity index (χ0v) is 47.9. The maximum atomic E-state index is 14.0. The van der Waals surface area contributed by atoms with Crippen molar-refractivity contribution in [2.75, 3.05) is 75.2 Å². The topological polar surface area (TPSA) is 251 Å². The summed E-state index contributed by atoms with van der Waals surface area (Å²) in [6.07, 6.45) is 13.3. The minimum Gasteiger partial charge on any atom is -0.507 e. The standard InChI is InChI=1S/C36H52N6O4S.C25H32N6O2/c1-24(2)34(32-20-33(40-46-32)42-18-11-27(12-19-42)21-41-16-13-30(44)14-17-41)31(6-5-15-37-22-43)36(45)39-25(3)28-7-9-29(10-8-28)35-26(4)38-23-47-35;26-21(20-6-1-2-7-23(20)32)11-22(25(27)28)31-14-16-12-30(13-17(16)15-31)18-8-9-29-24(10-18)33-19-4-3-5-19/h7-10,20,22-25,27,30-31,34,44H,5-6,11-19,21H2,1-4H3,(H,37,43)(H,39,45);1-2,6-11,16-17,19,32H,3-5,12-15,26-28H2/b;21-11-. The molecule has 80 heavy (non-hydrogen) atoms. The summed E-state index contributed by atoms with van der Waals surface area (Å²) in [4.78, 5) is 44.3. The van der Waals surface area contributed by atoms with E-state index < -0.39 is 0 Å². The van der Waals surface area contributed by atoms with Gasteiger partial charge in [0.25, 0.3) is 0 Å². The van der Waals surface area contributed by atoms with E-state index in [9.17, 15) is 19.8 Å². The van der Waals surface area contributed by atoms with Crippen LogP contribution in [0.15, 0.2) is 101 Å². The van der Waals surface area contributed by atoms with Crippen LogP contribution in [0.25, 0.3) is 16.1 Å². The van der Waals surface area contributed by atoms with E-state index in [2.05, 4.69) is 95.6 Å². The van der Waals surface area contributed by atoms with Crippen LogP contribution in [-0.4, -0.2) is 125 Å². The number of aromatic hydroxyl groups is 1. The van der Waals surface area contributed by atoms with Gasteiger partial charge in [0, 0.05) is 124 Å². The van der Waals surface area contributed by atoms with E-state index in [0.29, 0.717) is 60.9 Å². The summed E-state index contributed by atoms with van der Waals surface area (Å²) in [6, 6.07) is 21.3. The van der Waals surface area contributed by atoms with E-state index in [4.69, 9.17) is 26.5 Å². The molecule has 430 valence electrons. The van der Waals surface area contributed by atoms with Crippen molar-refractivity contribution in [3.63, 3.8) is 0 Å². The first-order chi connectivity index (χ1) is 38.7. The highest BCUT2D eigenvalue weighted by molar-refractivity contribution is 7.13. The zero-order chi connectivity index (χ0) is 56.3. The number of benzene rings is 2. The van der Waals surface area contributed by atoms with Gasteiger partial charge in [-0.25, -0.2) is 9.97 Å². The molecule has 0 radical (unpaired) electrons. The Hall–Kier alpha value is -6.83. The number of piperidine rings is 2. The third-order valence-corrected chi connectivity index (χ3v) is 18.1. The summed E-state index contributed by atoms with van der Waals surface area (Å²) in [5.74, 6) is 3.94. The number of allylic oxidation sites excluding steroid dienone is 1. The van der Waals surface area contributed by atoms with Crippen LogP contribution in [-0.2, 0) is 9.59 Å². The second-order valence-corrected chi connectivity index (χ2v) is 23.9. The normalized spacial score (nSPS) is 20.3. The number of ether oxygens (including phenoxy) is 1. The Morgan fingerprint density at radius 2 is 1.62 bits per heavy atom. The first kappa shape index (κ1) is 57.8. The van der Waals surface area contributed by atoms with Crippen molar-refractivity contribution in [3.05, 3.63) is 119 Å². The van der Waals surface area contributed by atoms with Gasteiger partial charge < -0.3 is 66.9 Å². The predicted molar refractivity (Wildman–Crippen MR) is 315 cm³/mol. The van der Waals surface area contributed by atoms with E-state index in [-0.39, 0.29) is 47.4 Å². The summed E-state index contributed by atoms with van der Waals surface area (Å²) >= 11 is 1.63. The van der Waals surface area contributed by atoms with Crippen LogP contribution in [0.2, 0.25) is 0 Å². The van der Waals surface area contributed by atoms with Gasteiger partial charge in [0.2, 0.25) is 18.2 Å². The molecule has 4 saturated heterocycles. The number of hydrogen-bond acceptors (Lipinski definition) is 17. The monoisotopic (exact) mass is 1110 g/mol. The number of nitrogens with zero attached hydrogens (tertiary/aromatic N) is 7. The molecular weight excluding hydrogens is 1030 g/mol. The van der Waals surface area contributed by atoms with Crippen molar-refractivity contribution in [1.29, 1.82) is 0 Å². The van der Waals surface area contributed by atoms with Gasteiger partial charge in [0.05, 0.1) is 33.9 Å². The molecule has 5 unspecified atom stereocenters. The quantitative estimate of drug-likeness (QED) is 0.0211. The predicted octanol–water partition coefficient (Wildman–Crippen LogP) is 7.71. The van der Waals surface area contributed by atoms with Crippen molar-refractivity contribution in [2.24, 2.45) is 46.8 Å². The number of aliphatic hydroxyl groups is 1. The molecule has 4 aliphatic heterocycles. The van der Waals surface area contributed by atoms with Gasteiger partial charge in [-0.3, -0.25) is 9.59 Å². The number of aliphatic hydroxyl groups excluding tert-OH is 1. The Labute approximate surface area is 475 Å². The number of aryl methyl sites for hydroxylation is 1. The SMILES string of the molecule is Cc1ncsc1-c1ccc(C(C)NC(=O)C(CCCNC=O)C(c2cc(N3CCC(CN4CCC(O)CC4)CC3)no2)C(C)C)cc1.NC(N)=C(/C=C(\N)c1ccccc1O)N1CC2CN(c3ccnc(OC4CCC4)c3)CC2C1. The van der Waals surface area contributed by atoms with Crippen molar-refractivity contribution >= 4 is 40.9 Å². The number of carbonyl (C=O) groups excluding carboxylic acids is 2. The molecule has 5 aromatic rings. The molecule has 0 bridgehead atoms. The van der Waals surface area contributed by atoms with E-state index in [0.717, 1.165) is 148 Å². The molecular formula is C61H84N12O6S. The van der Waals surface area contributed by atoms with Crippen LogP contribution in [0, 0.1) is 36.5 Å². The number of rotatable bonds is 21. The Kier molecular flexibility index (Phi) is 19.6. The first-order valence-electron chi connectivity index (χ1n) is 28.9. The minimum absolute atomic E-state index is 0.0197. The maximum absolute atomic E-state index is 14.0. The van der Waals surface area contributed by atoms with E-state index in [1.165, 1.54) is 6.42 Å². The first-order valence-corrected chi connectivity index (χ1v) is 29.8. The van der Waals surface area contributed by atoms with E-state index >= 15 is 0 Å². The minimum atomic E-state index is -0.348. The van der Waals surface area contributed by atoms with E-state index in [1.54, 1.807) is 35.6 Å². The number of amides is 2. The van der Waals surface area contributed by atoms with Crippen LogP contribution >= 0.6 is 11.3 Å². The molecule has 3 aromatic heterocycles. The lowest BCUT2D eigenvalue weighted by Crippen LogP contribution is -2.42. The van der Waals surface area contributed by atoms with Crippen LogP contribution < -0.4 is 42.4 Å². The molecule has 7 heterocycles. The summed E-state index contributed by atoms with van der Waals surface area (Å²) in [7, 11) is 0. The Morgan fingerprint density at radius 1 is 0.900 bits per heavy atom. The number of carbonyl (C=O) groups is 2. The van der Waals surface area contributed by atoms with Crippen molar-refractivity contribution in [3.8, 4) is 22.1 Å². The number of nitrogens with two attached hydrogens (primary N) is 3. The highest BCUT2D eigenvalue weighted by atomic mass is 32.1. The second kappa shape index (κ2) is 27.1. The molecule has 18 nitrogen and oxygen atoms in total. The lowest BCUT2D eigenvalue weighted by Gasteiger charge is -2.36. The molecule has 2 aromatic carbocycles. The van der Waals surface area contributed by atoms with Gasteiger partial charge in [-0.1, -0.05) is 55.4 Å². The molecule has 5 atom stereocenters. The van der Waals surface area contributed by atoms with Gasteiger partial charge in [-0.05, 0) is 119 Å². The number of fused-ring (bicyclic) bond motifs is 1. The Morgan fingerprint density at radius 3 is 2.26 bits per heavy atom. The highest BCUT2D eigenvalue weighted by Gasteiger charge is 2.41. The average molecular weight is 1110 g/mol. The van der Waals surface area contributed by atoms with Gasteiger partial charge in [-0.2, -0.15) is 0 Å². The van der Waals surface area contributed by atoms with Crippen LogP contribution in [0.3, 0.4) is 0 Å². The molecule has 5 aliphatic rings. The number of pyridine rings is 1. The highest BCUT2D eigenvalue weighted by Crippen LogP contribution is 2.40. The maximum Gasteiger partial charge on any atom is 0.224 e. The molecule has 10 N–H and O–H groups in total. The molecule has 2 amide bonds. The van der Waals surface area contributed by atoms with Crippen LogP contribution in [0.4, 0.5) is 11.5 Å². The van der Waals surface area contributed by atoms with E-state index in [1.807, 2.05) is 37.7 Å². The number of aromatic nitrogens is 3. The summed E-state index contributed by atoms with van der Waals surface area (Å²) in [6.45, 7) is 17.4. The number of hydrogen-bond donors (Lipinski definition) is 7. The Balaban J connectivity index is 0.000000205. The third-order valence-electron chi connectivity index (χ3n) is 17.1. The largest absolute Gasteiger partial charge is 0.507 e. The molecule has 1 aliphatic carbocycles. The third kappa shape index (κ3) is 14.6. The fourth-order valence-electron chi connectivity index (χ4n) is 12.3. The number of thiazole rings is 1. The fraction of sp³-hybridized carbons (Fsp3) is 0.525. The van der Waals surface area contributed by atoms with Crippen LogP contribution in [0.1, 0.15) is 113 Å². The molecule has 19 heteroatoms. The van der Waals surface area contributed by atoms with Crippen molar-refractivity contribution < 1.29 is 29.1 Å². The molecule has 5 fully saturated rings. The summed E-state index contributed by atoms with van der Waals surface area (Å²) in [5.41, 5.74) is 26.3. The lowest BCUT2D eigenvalue weighted by atomic mass is 9.78. The smallest absolute Gasteiger partial charge is 0.224 e. The van der Waals surface area contributed by atoms with Gasteiger partial charge in [0.15, 0.2) is 5.82 Å². The number of anilines is 2. The van der Waals surface area contributed by atoms with Gasteiger partial charge >= 0.3 is 0 Å². The fourth-order valence-corrected chi connectivity index (χ4v) is 13.1.